The third-order valence-electron chi connectivity index (χ3n) is 0.596. The molecule has 0 atom stereocenters. The molecule has 0 rings (SSSR count). The van der Waals surface area contributed by atoms with Crippen LogP contribution in [-0.4, -0.2) is 21.8 Å². The fourth-order valence-corrected chi connectivity index (χ4v) is 0.583. The lowest BCUT2D eigenvalue weighted by molar-refractivity contribution is -0.0451. The summed E-state index contributed by atoms with van der Waals surface area (Å²) in [5.41, 5.74) is 0. The molecule has 0 aromatic heterocycles. The first-order chi connectivity index (χ1) is 3.27. The van der Waals surface area contributed by atoms with Crippen LogP contribution in [0.5, 0.6) is 0 Å². The second-order valence-electron chi connectivity index (χ2n) is 1.31. The van der Waals surface area contributed by atoms with Gasteiger partial charge < -0.3 is 10.2 Å². The van der Waals surface area contributed by atoms with Gasteiger partial charge in [0.25, 0.3) is 0 Å². The van der Waals surface area contributed by atoms with E-state index in [4.69, 9.17) is 10.2 Å². The Labute approximate surface area is 51.3 Å². The minimum atomic E-state index is -1.13. The average molecular weight is 169 g/mol. The molecule has 0 bridgehead atoms. The van der Waals surface area contributed by atoms with E-state index in [0.29, 0.717) is 6.42 Å². The van der Waals surface area contributed by atoms with E-state index in [9.17, 15) is 0 Å². The van der Waals surface area contributed by atoms with Gasteiger partial charge in [-0.2, -0.15) is 0 Å². The van der Waals surface area contributed by atoms with Crippen molar-refractivity contribution in [2.45, 2.75) is 19.1 Å². The predicted molar refractivity (Wildman–Crippen MR) is 31.3 cm³/mol. The van der Waals surface area contributed by atoms with Crippen LogP contribution in [-0.2, 0) is 0 Å². The molecule has 0 saturated carbocycles. The smallest absolute Gasteiger partial charge is 0.151 e. The second-order valence-corrected chi connectivity index (χ2v) is 2.10. The number of aliphatic hydroxyl groups excluding tert-OH is 1. The minimum absolute atomic E-state index is 0.464. The molecule has 3 heteroatoms. The molecule has 44 valence electrons. The molecule has 2 N–H and O–H groups in total. The maximum Gasteiger partial charge on any atom is 0.151 e. The lowest BCUT2D eigenvalue weighted by atomic mass is 10.3. The molecular formula is C4H9BrO2. The highest BCUT2D eigenvalue weighted by molar-refractivity contribution is 9.09. The van der Waals surface area contributed by atoms with Gasteiger partial charge in [-0.25, -0.2) is 0 Å². The first-order valence-electron chi connectivity index (χ1n) is 2.19. The molecule has 0 saturated heterocycles. The molecule has 0 aromatic rings. The molecule has 0 aliphatic carbocycles. The van der Waals surface area contributed by atoms with Crippen LogP contribution in [0, 0.1) is 0 Å². The molecule has 0 aliphatic rings. The maximum atomic E-state index is 8.22. The van der Waals surface area contributed by atoms with E-state index in [1.165, 1.54) is 0 Å². The van der Waals surface area contributed by atoms with Crippen molar-refractivity contribution >= 4 is 15.9 Å². The molecule has 0 unspecified atom stereocenters. The van der Waals surface area contributed by atoms with Crippen LogP contribution in [0.15, 0.2) is 0 Å². The van der Waals surface area contributed by atoms with E-state index in [1.54, 1.807) is 0 Å². The summed E-state index contributed by atoms with van der Waals surface area (Å²) in [6.45, 7) is 0. The van der Waals surface area contributed by atoms with Crippen LogP contribution in [0.25, 0.3) is 0 Å². The van der Waals surface area contributed by atoms with Crippen molar-refractivity contribution in [2.24, 2.45) is 0 Å². The molecule has 2 nitrogen and oxygen atoms in total. The highest BCUT2D eigenvalue weighted by Crippen LogP contribution is 1.95. The number of rotatable bonds is 3. The SMILES string of the molecule is OC(O)CCCBr. The van der Waals surface area contributed by atoms with Crippen LogP contribution >= 0.6 is 15.9 Å². The Hall–Kier alpha value is 0.400. The fourth-order valence-electron chi connectivity index (χ4n) is 0.260. The zero-order valence-electron chi connectivity index (χ0n) is 3.97. The number of hydrogen-bond acceptors (Lipinski definition) is 2. The first-order valence-corrected chi connectivity index (χ1v) is 3.31. The third-order valence-corrected chi connectivity index (χ3v) is 1.16. The van der Waals surface area contributed by atoms with Crippen molar-refractivity contribution in [3.05, 3.63) is 0 Å². The Balaban J connectivity index is 2.68. The van der Waals surface area contributed by atoms with Crippen LogP contribution in [0.2, 0.25) is 0 Å². The molecule has 0 spiro atoms. The van der Waals surface area contributed by atoms with E-state index in [-0.39, 0.29) is 0 Å². The van der Waals surface area contributed by atoms with Gasteiger partial charge in [0.05, 0.1) is 0 Å². The number of halogens is 1. The summed E-state index contributed by atoms with van der Waals surface area (Å²) in [7, 11) is 0. The van der Waals surface area contributed by atoms with Crippen LogP contribution in [0.4, 0.5) is 0 Å². The second kappa shape index (κ2) is 4.56. The van der Waals surface area contributed by atoms with E-state index < -0.39 is 6.29 Å². The molecule has 0 radical (unpaired) electrons. The van der Waals surface area contributed by atoms with Gasteiger partial charge in [0, 0.05) is 5.33 Å². The van der Waals surface area contributed by atoms with E-state index >= 15 is 0 Å². The molecule has 7 heavy (non-hydrogen) atoms. The molecular weight excluding hydrogens is 160 g/mol. The highest BCUT2D eigenvalue weighted by atomic mass is 79.9. The Kier molecular flexibility index (Phi) is 4.82. The summed E-state index contributed by atoms with van der Waals surface area (Å²) in [6.07, 6.45) is 0.153. The summed E-state index contributed by atoms with van der Waals surface area (Å²) in [5, 5.41) is 17.3. The van der Waals surface area contributed by atoms with Crippen molar-refractivity contribution in [1.29, 1.82) is 0 Å². The van der Waals surface area contributed by atoms with E-state index in [1.807, 2.05) is 0 Å². The minimum Gasteiger partial charge on any atom is -0.368 e. The zero-order valence-corrected chi connectivity index (χ0v) is 5.56. The predicted octanol–water partition coefficient (Wildman–Crippen LogP) is 0.472. The van der Waals surface area contributed by atoms with Gasteiger partial charge in [-0.3, -0.25) is 0 Å². The summed E-state index contributed by atoms with van der Waals surface area (Å²) in [6, 6.07) is 0. The maximum absolute atomic E-state index is 8.22. The topological polar surface area (TPSA) is 40.5 Å². The van der Waals surface area contributed by atoms with E-state index in [2.05, 4.69) is 15.9 Å². The van der Waals surface area contributed by atoms with Crippen LogP contribution in [0.3, 0.4) is 0 Å². The van der Waals surface area contributed by atoms with Crippen molar-refractivity contribution < 1.29 is 10.2 Å². The lowest BCUT2D eigenvalue weighted by Gasteiger charge is -1.97. The van der Waals surface area contributed by atoms with Gasteiger partial charge in [-0.15, -0.1) is 0 Å². The molecule has 0 aliphatic heterocycles. The normalized spacial score (nSPS) is 10.3. The fraction of sp³-hybridized carbons (Fsp3) is 1.00. The summed E-state index contributed by atoms with van der Waals surface area (Å²) >= 11 is 3.16. The summed E-state index contributed by atoms with van der Waals surface area (Å²) in [4.78, 5) is 0. The van der Waals surface area contributed by atoms with Gasteiger partial charge in [0.1, 0.15) is 0 Å². The molecule has 0 fully saturated rings. The number of alkyl halides is 1. The molecule has 0 heterocycles. The monoisotopic (exact) mass is 168 g/mol. The zero-order chi connectivity index (χ0) is 5.70. The van der Waals surface area contributed by atoms with Gasteiger partial charge in [-0.05, 0) is 12.8 Å². The Morgan fingerprint density at radius 3 is 2.14 bits per heavy atom. The third kappa shape index (κ3) is 6.40. The Bertz CT molecular complexity index is 38.7. The van der Waals surface area contributed by atoms with Gasteiger partial charge in [0.2, 0.25) is 0 Å². The quantitative estimate of drug-likeness (QED) is 0.476. The lowest BCUT2D eigenvalue weighted by Crippen LogP contribution is -2.02. The van der Waals surface area contributed by atoms with Gasteiger partial charge >= 0.3 is 0 Å². The number of hydrogen-bond donors (Lipinski definition) is 2. The van der Waals surface area contributed by atoms with Crippen molar-refractivity contribution in [2.75, 3.05) is 5.33 Å². The van der Waals surface area contributed by atoms with Crippen LogP contribution < -0.4 is 0 Å². The van der Waals surface area contributed by atoms with Crippen LogP contribution in [0.1, 0.15) is 12.8 Å². The van der Waals surface area contributed by atoms with Gasteiger partial charge in [-0.1, -0.05) is 15.9 Å². The van der Waals surface area contributed by atoms with E-state index in [0.717, 1.165) is 11.8 Å². The van der Waals surface area contributed by atoms with Crippen molar-refractivity contribution in [3.63, 3.8) is 0 Å². The summed E-state index contributed by atoms with van der Waals surface area (Å²) in [5.74, 6) is 0. The average Bonchev–Trinajstić information content (AvgIpc) is 1.61. The van der Waals surface area contributed by atoms with Crippen molar-refractivity contribution in [3.8, 4) is 0 Å². The highest BCUT2D eigenvalue weighted by Gasteiger charge is 1.92. The van der Waals surface area contributed by atoms with Gasteiger partial charge in [0.15, 0.2) is 6.29 Å². The first kappa shape index (κ1) is 7.40. The molecule has 0 aromatic carbocycles. The standard InChI is InChI=1S/C4H9BrO2/c5-3-1-2-4(6)7/h4,6-7H,1-3H2. The Morgan fingerprint density at radius 1 is 1.43 bits per heavy atom. The largest absolute Gasteiger partial charge is 0.368 e. The Morgan fingerprint density at radius 2 is 2.00 bits per heavy atom. The molecule has 0 amide bonds. The number of aliphatic hydroxyl groups is 2. The summed E-state index contributed by atoms with van der Waals surface area (Å²) < 4.78 is 0. The van der Waals surface area contributed by atoms with Crippen molar-refractivity contribution in [1.82, 2.24) is 0 Å².